The molecule has 27 heavy (non-hydrogen) atoms. The average molecular weight is 363 g/mol. The van der Waals surface area contributed by atoms with E-state index in [4.69, 9.17) is 0 Å². The molecule has 0 N–H and O–H groups in total. The topological polar surface area (TPSA) is 17.1 Å². The van der Waals surface area contributed by atoms with Crippen LogP contribution < -0.4 is 0 Å². The number of carbonyl (C=O) groups is 1. The number of ketones is 1. The van der Waals surface area contributed by atoms with E-state index in [1.54, 1.807) is 0 Å². The van der Waals surface area contributed by atoms with Crippen molar-refractivity contribution in [1.29, 1.82) is 0 Å². The Hall–Kier alpha value is -1.37. The molecule has 1 unspecified atom stereocenters. The summed E-state index contributed by atoms with van der Waals surface area (Å²) in [5, 5.41) is 0. The van der Waals surface area contributed by atoms with Gasteiger partial charge in [0, 0.05) is 6.42 Å². The summed E-state index contributed by atoms with van der Waals surface area (Å²) in [5.74, 6) is 3.79. The summed E-state index contributed by atoms with van der Waals surface area (Å²) < 4.78 is 0. The van der Waals surface area contributed by atoms with Gasteiger partial charge in [0.15, 0.2) is 5.78 Å². The first-order valence-electron chi connectivity index (χ1n) is 11.3. The maximum atomic E-state index is 12.0. The lowest BCUT2D eigenvalue weighted by Crippen LogP contribution is -2.50. The Kier molecular flexibility index (Phi) is 4.15. The van der Waals surface area contributed by atoms with Crippen molar-refractivity contribution in [3.8, 4) is 0 Å². The van der Waals surface area contributed by atoms with E-state index in [-0.39, 0.29) is 0 Å². The number of benzene rings is 1. The molecule has 0 saturated heterocycles. The van der Waals surface area contributed by atoms with Crippen molar-refractivity contribution in [3.05, 3.63) is 47.5 Å². The van der Waals surface area contributed by atoms with Crippen molar-refractivity contribution in [1.82, 2.24) is 0 Å². The van der Waals surface area contributed by atoms with Gasteiger partial charge in [0.2, 0.25) is 0 Å². The maximum absolute atomic E-state index is 12.0. The number of allylic oxidation sites excluding steroid dienone is 1. The molecule has 0 amide bonds. The number of rotatable bonds is 2. The van der Waals surface area contributed by atoms with Gasteiger partial charge in [0.1, 0.15) is 0 Å². The lowest BCUT2D eigenvalue weighted by atomic mass is 9.46. The molecule has 6 atom stereocenters. The van der Waals surface area contributed by atoms with Crippen molar-refractivity contribution in [2.24, 2.45) is 34.5 Å². The highest BCUT2D eigenvalue weighted by atomic mass is 16.1. The van der Waals surface area contributed by atoms with Gasteiger partial charge in [-0.1, -0.05) is 49.8 Å². The van der Waals surface area contributed by atoms with Gasteiger partial charge in [-0.3, -0.25) is 4.79 Å². The van der Waals surface area contributed by atoms with Crippen LogP contribution in [0.4, 0.5) is 0 Å². The van der Waals surface area contributed by atoms with E-state index in [1.165, 1.54) is 56.1 Å². The van der Waals surface area contributed by atoms with Gasteiger partial charge in [0.05, 0.1) is 0 Å². The molecule has 1 nitrogen and oxygen atoms in total. The van der Waals surface area contributed by atoms with Crippen LogP contribution in [0, 0.1) is 34.5 Å². The predicted molar refractivity (Wildman–Crippen MR) is 110 cm³/mol. The van der Waals surface area contributed by atoms with Gasteiger partial charge >= 0.3 is 0 Å². The first-order valence-corrected chi connectivity index (χ1v) is 11.3. The van der Waals surface area contributed by atoms with E-state index >= 15 is 0 Å². The highest BCUT2D eigenvalue weighted by molar-refractivity contribution is 5.91. The standard InChI is InChI=1S/C26H34O/c1-25-13-10-19(16-18-6-4-3-5-7-18)24(25)22-9-8-20-17-21(27)11-15-26(20,2)23(22)12-14-25/h3-7,17,19,22-24H,8-16H2,1-2H3/t19?,22-,23+,24+,25+,26+/m1/s1. The lowest BCUT2D eigenvalue weighted by molar-refractivity contribution is -0.117. The van der Waals surface area contributed by atoms with Crippen LogP contribution in [0.5, 0.6) is 0 Å². The van der Waals surface area contributed by atoms with Crippen LogP contribution in [-0.4, -0.2) is 5.78 Å². The summed E-state index contributed by atoms with van der Waals surface area (Å²) in [6.07, 6.45) is 13.3. The van der Waals surface area contributed by atoms with Crippen molar-refractivity contribution in [2.45, 2.75) is 71.6 Å². The second-order valence-electron chi connectivity index (χ2n) is 10.6. The van der Waals surface area contributed by atoms with E-state index in [0.717, 1.165) is 36.5 Å². The number of carbonyl (C=O) groups excluding carboxylic acids is 1. The van der Waals surface area contributed by atoms with Crippen LogP contribution in [0.25, 0.3) is 0 Å². The van der Waals surface area contributed by atoms with Gasteiger partial charge < -0.3 is 0 Å². The second-order valence-corrected chi connectivity index (χ2v) is 10.6. The van der Waals surface area contributed by atoms with Crippen LogP contribution in [0.15, 0.2) is 42.0 Å². The Bertz CT molecular complexity index is 762. The Morgan fingerprint density at radius 2 is 1.74 bits per heavy atom. The van der Waals surface area contributed by atoms with Crippen LogP contribution in [0.3, 0.4) is 0 Å². The monoisotopic (exact) mass is 362 g/mol. The van der Waals surface area contributed by atoms with Crippen LogP contribution in [0.2, 0.25) is 0 Å². The Labute approximate surface area is 164 Å². The zero-order valence-electron chi connectivity index (χ0n) is 17.0. The van der Waals surface area contributed by atoms with Gasteiger partial charge in [0.25, 0.3) is 0 Å². The van der Waals surface area contributed by atoms with E-state index in [0.29, 0.717) is 16.6 Å². The summed E-state index contributed by atoms with van der Waals surface area (Å²) in [6.45, 7) is 5.11. The molecule has 0 heterocycles. The molecule has 4 aliphatic carbocycles. The predicted octanol–water partition coefficient (Wildman–Crippen LogP) is 6.38. The van der Waals surface area contributed by atoms with Gasteiger partial charge in [-0.15, -0.1) is 0 Å². The summed E-state index contributed by atoms with van der Waals surface area (Å²) in [7, 11) is 0. The molecule has 0 spiro atoms. The van der Waals surface area contributed by atoms with Crippen molar-refractivity contribution < 1.29 is 4.79 Å². The maximum Gasteiger partial charge on any atom is 0.155 e. The average Bonchev–Trinajstić information content (AvgIpc) is 3.00. The third kappa shape index (κ3) is 2.76. The molecule has 3 saturated carbocycles. The lowest BCUT2D eigenvalue weighted by Gasteiger charge is -2.58. The quantitative estimate of drug-likeness (QED) is 0.597. The number of hydrogen-bond donors (Lipinski definition) is 0. The van der Waals surface area contributed by atoms with Gasteiger partial charge in [-0.05, 0) is 97.5 Å². The number of hydrogen-bond acceptors (Lipinski definition) is 1. The summed E-state index contributed by atoms with van der Waals surface area (Å²) in [5.41, 5.74) is 3.89. The third-order valence-electron chi connectivity index (χ3n) is 9.27. The minimum atomic E-state index is 0.304. The minimum absolute atomic E-state index is 0.304. The molecule has 4 aliphatic rings. The Balaban J connectivity index is 1.46. The largest absolute Gasteiger partial charge is 0.295 e. The van der Waals surface area contributed by atoms with Crippen LogP contribution in [-0.2, 0) is 11.2 Å². The molecular formula is C26H34O. The molecule has 1 heteroatoms. The fourth-order valence-electron chi connectivity index (χ4n) is 7.93. The molecule has 0 bridgehead atoms. The molecule has 3 fully saturated rings. The fourth-order valence-corrected chi connectivity index (χ4v) is 7.93. The van der Waals surface area contributed by atoms with Gasteiger partial charge in [-0.2, -0.15) is 0 Å². The van der Waals surface area contributed by atoms with Gasteiger partial charge in [-0.25, -0.2) is 0 Å². The first kappa shape index (κ1) is 17.7. The van der Waals surface area contributed by atoms with Crippen molar-refractivity contribution in [2.75, 3.05) is 0 Å². The Morgan fingerprint density at radius 1 is 0.963 bits per heavy atom. The van der Waals surface area contributed by atoms with Crippen LogP contribution in [0.1, 0.15) is 70.8 Å². The van der Waals surface area contributed by atoms with E-state index in [9.17, 15) is 4.79 Å². The van der Waals surface area contributed by atoms with E-state index < -0.39 is 0 Å². The Morgan fingerprint density at radius 3 is 2.56 bits per heavy atom. The highest BCUT2D eigenvalue weighted by Crippen LogP contribution is 2.66. The smallest absolute Gasteiger partial charge is 0.155 e. The van der Waals surface area contributed by atoms with Crippen molar-refractivity contribution in [3.63, 3.8) is 0 Å². The SMILES string of the molecule is C[C@@]12CCC(Cc3ccccc3)[C@H]1[C@@H]1CCC3=CC(=O)CC[C@]3(C)[C@H]1CC2. The third-order valence-corrected chi connectivity index (χ3v) is 9.27. The summed E-state index contributed by atoms with van der Waals surface area (Å²) in [4.78, 5) is 12.0. The van der Waals surface area contributed by atoms with Crippen molar-refractivity contribution >= 4 is 5.78 Å². The first-order chi connectivity index (χ1) is 13.0. The molecule has 144 valence electrons. The molecule has 5 rings (SSSR count). The zero-order chi connectivity index (χ0) is 18.6. The van der Waals surface area contributed by atoms with E-state index in [2.05, 4.69) is 44.2 Å². The normalized spacial score (nSPS) is 43.5. The summed E-state index contributed by atoms with van der Waals surface area (Å²) in [6, 6.07) is 11.2. The molecule has 0 aromatic heterocycles. The summed E-state index contributed by atoms with van der Waals surface area (Å²) >= 11 is 0. The molecular weight excluding hydrogens is 328 g/mol. The number of fused-ring (bicyclic) bond motifs is 5. The molecule has 1 aromatic carbocycles. The minimum Gasteiger partial charge on any atom is -0.295 e. The molecule has 0 aliphatic heterocycles. The molecule has 0 radical (unpaired) electrons. The van der Waals surface area contributed by atoms with E-state index in [1.807, 2.05) is 6.08 Å². The molecule has 1 aromatic rings. The zero-order valence-corrected chi connectivity index (χ0v) is 17.0. The fraction of sp³-hybridized carbons (Fsp3) is 0.654. The van der Waals surface area contributed by atoms with Crippen LogP contribution >= 0.6 is 0 Å². The second kappa shape index (κ2) is 6.33. The highest BCUT2D eigenvalue weighted by Gasteiger charge is 2.58.